The van der Waals surface area contributed by atoms with Gasteiger partial charge in [0.25, 0.3) is 0 Å². The van der Waals surface area contributed by atoms with Crippen LogP contribution in [0.1, 0.15) is 39.2 Å². The molecule has 0 saturated heterocycles. The van der Waals surface area contributed by atoms with Crippen LogP contribution in [0.3, 0.4) is 0 Å². The lowest BCUT2D eigenvalue weighted by atomic mass is 10.0. The van der Waals surface area contributed by atoms with Crippen molar-refractivity contribution in [2.75, 3.05) is 0 Å². The molecule has 1 atom stereocenters. The number of benzene rings is 1. The molecule has 0 saturated carbocycles. The molecule has 0 amide bonds. The molecule has 1 rings (SSSR count). The minimum Gasteiger partial charge on any atom is -0.204 e. The van der Waals surface area contributed by atoms with E-state index in [2.05, 4.69) is 9.24 Å². The molecule has 80 valence electrons. The minimum atomic E-state index is -0.774. The van der Waals surface area contributed by atoms with Gasteiger partial charge in [0.05, 0.1) is 0 Å². The van der Waals surface area contributed by atoms with Crippen molar-refractivity contribution >= 4 is 14.5 Å². The van der Waals surface area contributed by atoms with Gasteiger partial charge in [-0.05, 0) is 23.6 Å². The zero-order valence-electron chi connectivity index (χ0n) is 9.07. The molecule has 0 nitrogen and oxygen atoms in total. The van der Waals surface area contributed by atoms with E-state index in [1.807, 2.05) is 27.7 Å². The first-order valence-corrected chi connectivity index (χ1v) is 5.34. The SMILES string of the molecule is CC.CC(C)c1cc(F)c(F)c(P)c1. The lowest BCUT2D eigenvalue weighted by molar-refractivity contribution is 0.512. The second-order valence-electron chi connectivity index (χ2n) is 3.06. The molecule has 14 heavy (non-hydrogen) atoms. The number of rotatable bonds is 1. The molecule has 0 aliphatic rings. The van der Waals surface area contributed by atoms with E-state index in [1.54, 1.807) is 6.07 Å². The van der Waals surface area contributed by atoms with Gasteiger partial charge >= 0.3 is 0 Å². The van der Waals surface area contributed by atoms with Gasteiger partial charge in [0, 0.05) is 5.30 Å². The van der Waals surface area contributed by atoms with E-state index < -0.39 is 11.6 Å². The number of halogens is 2. The molecule has 0 aromatic heterocycles. The van der Waals surface area contributed by atoms with Gasteiger partial charge in [-0.25, -0.2) is 8.78 Å². The standard InChI is InChI=1S/C9H11F2P.C2H6/c1-5(2)6-3-7(10)9(11)8(12)4-6;1-2/h3-5H,12H2,1-2H3;1-2H3. The van der Waals surface area contributed by atoms with E-state index in [0.717, 1.165) is 5.56 Å². The fourth-order valence-electron chi connectivity index (χ4n) is 0.965. The molecular weight excluding hydrogens is 201 g/mol. The van der Waals surface area contributed by atoms with Crippen LogP contribution in [-0.2, 0) is 0 Å². The van der Waals surface area contributed by atoms with Crippen LogP contribution in [0.2, 0.25) is 0 Å². The van der Waals surface area contributed by atoms with Gasteiger partial charge in [-0.15, -0.1) is 9.24 Å². The summed E-state index contributed by atoms with van der Waals surface area (Å²) in [6.45, 7) is 7.88. The molecule has 0 heterocycles. The lowest BCUT2D eigenvalue weighted by Gasteiger charge is -2.07. The number of hydrogen-bond acceptors (Lipinski definition) is 0. The van der Waals surface area contributed by atoms with Gasteiger partial charge < -0.3 is 0 Å². The Morgan fingerprint density at radius 3 is 2.00 bits per heavy atom. The summed E-state index contributed by atoms with van der Waals surface area (Å²) in [5.74, 6) is -1.32. The maximum atomic E-state index is 12.8. The Hall–Kier alpha value is -0.490. The zero-order chi connectivity index (χ0) is 11.3. The fourth-order valence-corrected chi connectivity index (χ4v) is 1.30. The molecule has 0 radical (unpaired) electrons. The van der Waals surface area contributed by atoms with Crippen molar-refractivity contribution in [3.63, 3.8) is 0 Å². The fraction of sp³-hybridized carbons (Fsp3) is 0.455. The molecule has 1 aromatic carbocycles. The van der Waals surface area contributed by atoms with Crippen LogP contribution in [0.4, 0.5) is 8.78 Å². The van der Waals surface area contributed by atoms with Gasteiger partial charge in [0.15, 0.2) is 11.6 Å². The third kappa shape index (κ3) is 3.34. The number of hydrogen-bond donors (Lipinski definition) is 0. The van der Waals surface area contributed by atoms with Crippen molar-refractivity contribution in [3.8, 4) is 0 Å². The molecular formula is C11H17F2P. The second-order valence-corrected chi connectivity index (χ2v) is 3.68. The quantitative estimate of drug-likeness (QED) is 0.631. The van der Waals surface area contributed by atoms with Crippen molar-refractivity contribution < 1.29 is 8.78 Å². The van der Waals surface area contributed by atoms with Crippen molar-refractivity contribution in [1.82, 2.24) is 0 Å². The van der Waals surface area contributed by atoms with E-state index in [9.17, 15) is 8.78 Å². The summed E-state index contributed by atoms with van der Waals surface area (Å²) in [7, 11) is 2.19. The van der Waals surface area contributed by atoms with E-state index in [4.69, 9.17) is 0 Å². The van der Waals surface area contributed by atoms with Crippen LogP contribution < -0.4 is 5.30 Å². The highest BCUT2D eigenvalue weighted by atomic mass is 31.0. The van der Waals surface area contributed by atoms with E-state index in [-0.39, 0.29) is 5.92 Å². The smallest absolute Gasteiger partial charge is 0.165 e. The molecule has 1 unspecified atom stereocenters. The molecule has 0 spiro atoms. The van der Waals surface area contributed by atoms with Crippen LogP contribution in [0.15, 0.2) is 12.1 Å². The first-order valence-electron chi connectivity index (χ1n) is 4.76. The van der Waals surface area contributed by atoms with Crippen molar-refractivity contribution in [2.45, 2.75) is 33.6 Å². The van der Waals surface area contributed by atoms with E-state index >= 15 is 0 Å². The van der Waals surface area contributed by atoms with Gasteiger partial charge in [-0.1, -0.05) is 27.7 Å². The Morgan fingerprint density at radius 1 is 1.14 bits per heavy atom. The Bertz CT molecular complexity index is 272. The summed E-state index contributed by atoms with van der Waals surface area (Å²) in [5, 5.41) is 0.290. The molecule has 0 fully saturated rings. The third-order valence-corrected chi connectivity index (χ3v) is 2.17. The predicted octanol–water partition coefficient (Wildman–Crippen LogP) is 3.61. The summed E-state index contributed by atoms with van der Waals surface area (Å²) in [4.78, 5) is 0. The van der Waals surface area contributed by atoms with Gasteiger partial charge in [0.1, 0.15) is 0 Å². The van der Waals surface area contributed by atoms with Crippen molar-refractivity contribution in [1.29, 1.82) is 0 Å². The monoisotopic (exact) mass is 218 g/mol. The summed E-state index contributed by atoms with van der Waals surface area (Å²) < 4.78 is 25.6. The molecule has 1 aromatic rings. The van der Waals surface area contributed by atoms with Crippen LogP contribution >= 0.6 is 9.24 Å². The Balaban J connectivity index is 0.000000791. The minimum absolute atomic E-state index is 0.222. The van der Waals surface area contributed by atoms with Crippen molar-refractivity contribution in [2.24, 2.45) is 0 Å². The maximum Gasteiger partial charge on any atom is 0.165 e. The average molecular weight is 218 g/mol. The van der Waals surface area contributed by atoms with E-state index in [0.29, 0.717) is 5.30 Å². The van der Waals surface area contributed by atoms with Crippen LogP contribution in [0, 0.1) is 11.6 Å². The Kier molecular flexibility index (Phi) is 5.87. The maximum absolute atomic E-state index is 12.8. The largest absolute Gasteiger partial charge is 0.204 e. The van der Waals surface area contributed by atoms with Crippen LogP contribution in [-0.4, -0.2) is 0 Å². The highest BCUT2D eigenvalue weighted by Crippen LogP contribution is 2.17. The summed E-state index contributed by atoms with van der Waals surface area (Å²) in [6, 6.07) is 2.89. The predicted molar refractivity (Wildman–Crippen MR) is 61.1 cm³/mol. The highest BCUT2D eigenvalue weighted by molar-refractivity contribution is 7.27. The molecule has 3 heteroatoms. The summed E-state index contributed by atoms with van der Waals surface area (Å²) in [6.07, 6.45) is 0. The molecule has 0 bridgehead atoms. The second kappa shape index (κ2) is 6.08. The Labute approximate surface area is 86.9 Å². The van der Waals surface area contributed by atoms with Crippen molar-refractivity contribution in [3.05, 3.63) is 29.3 Å². The first kappa shape index (κ1) is 13.5. The molecule has 0 N–H and O–H groups in total. The molecule has 0 aliphatic heterocycles. The van der Waals surface area contributed by atoms with Gasteiger partial charge in [-0.2, -0.15) is 0 Å². The normalized spacial score (nSPS) is 9.71. The summed E-state index contributed by atoms with van der Waals surface area (Å²) >= 11 is 0. The highest BCUT2D eigenvalue weighted by Gasteiger charge is 2.08. The zero-order valence-corrected chi connectivity index (χ0v) is 10.2. The third-order valence-electron chi connectivity index (χ3n) is 1.75. The Morgan fingerprint density at radius 2 is 1.64 bits per heavy atom. The van der Waals surface area contributed by atoms with Gasteiger partial charge in [-0.3, -0.25) is 0 Å². The van der Waals surface area contributed by atoms with Crippen LogP contribution in [0.25, 0.3) is 0 Å². The summed E-state index contributed by atoms with van der Waals surface area (Å²) in [5.41, 5.74) is 0.818. The van der Waals surface area contributed by atoms with E-state index in [1.165, 1.54) is 6.07 Å². The van der Waals surface area contributed by atoms with Gasteiger partial charge in [0.2, 0.25) is 0 Å². The average Bonchev–Trinajstić information content (AvgIpc) is 2.16. The lowest BCUT2D eigenvalue weighted by Crippen LogP contribution is -2.05. The molecule has 0 aliphatic carbocycles. The first-order chi connectivity index (χ1) is 6.52. The van der Waals surface area contributed by atoms with Crippen LogP contribution in [0.5, 0.6) is 0 Å². The topological polar surface area (TPSA) is 0 Å².